The second kappa shape index (κ2) is 8.79. The van der Waals surface area contributed by atoms with Crippen LogP contribution in [0.5, 0.6) is 5.75 Å². The maximum absolute atomic E-state index is 13.0. The van der Waals surface area contributed by atoms with Gasteiger partial charge in [-0.2, -0.15) is 0 Å². The highest BCUT2D eigenvalue weighted by Crippen LogP contribution is 2.30. The van der Waals surface area contributed by atoms with Crippen molar-refractivity contribution >= 4 is 30.3 Å². The Bertz CT molecular complexity index is 742. The van der Waals surface area contributed by atoms with Crippen LogP contribution in [0.25, 0.3) is 0 Å². The molecule has 2 aliphatic rings. The highest BCUT2D eigenvalue weighted by atomic mass is 35.5. The Kier molecular flexibility index (Phi) is 6.90. The van der Waals surface area contributed by atoms with Gasteiger partial charge in [0.05, 0.1) is 7.11 Å². The second-order valence-corrected chi connectivity index (χ2v) is 7.12. The monoisotopic (exact) mass is 410 g/mol. The van der Waals surface area contributed by atoms with Crippen LogP contribution in [0.1, 0.15) is 25.3 Å². The summed E-state index contributed by atoms with van der Waals surface area (Å²) in [5, 5.41) is 5.82. The topological polar surface area (TPSA) is 91.0 Å². The van der Waals surface area contributed by atoms with E-state index in [-0.39, 0.29) is 30.9 Å². The summed E-state index contributed by atoms with van der Waals surface area (Å²) in [4.78, 5) is 40.9. The summed E-state index contributed by atoms with van der Waals surface area (Å²) in [5.41, 5.74) is -0.551. The summed E-state index contributed by atoms with van der Waals surface area (Å²) in [6, 6.07) is 6.52. The SMILES string of the molecule is CNCC1CCCN1C(=O)CN1C(=O)NC(C)(c2ccc(OC)cc2)C1=O.Cl. The van der Waals surface area contributed by atoms with E-state index in [2.05, 4.69) is 10.6 Å². The van der Waals surface area contributed by atoms with Gasteiger partial charge in [0, 0.05) is 19.1 Å². The van der Waals surface area contributed by atoms with Crippen LogP contribution in [0, 0.1) is 0 Å². The van der Waals surface area contributed by atoms with Gasteiger partial charge >= 0.3 is 6.03 Å². The number of carbonyl (C=O) groups excluding carboxylic acids is 3. The number of likely N-dealkylation sites (N-methyl/N-ethyl adjacent to an activating group) is 1. The predicted octanol–water partition coefficient (Wildman–Crippen LogP) is 1.09. The molecule has 0 aromatic heterocycles. The maximum Gasteiger partial charge on any atom is 0.325 e. The normalized spacial score (nSPS) is 24.2. The number of ether oxygens (including phenoxy) is 1. The number of benzene rings is 1. The molecule has 2 atom stereocenters. The largest absolute Gasteiger partial charge is 0.497 e. The Morgan fingerprint density at radius 3 is 2.61 bits per heavy atom. The number of imide groups is 1. The van der Waals surface area contributed by atoms with Gasteiger partial charge < -0.3 is 20.3 Å². The number of hydrogen-bond acceptors (Lipinski definition) is 5. The van der Waals surface area contributed by atoms with Crippen LogP contribution in [-0.2, 0) is 15.1 Å². The number of rotatable bonds is 6. The number of likely N-dealkylation sites (tertiary alicyclic amines) is 1. The Labute approximate surface area is 171 Å². The van der Waals surface area contributed by atoms with Crippen molar-refractivity contribution in [2.45, 2.75) is 31.3 Å². The van der Waals surface area contributed by atoms with Gasteiger partial charge in [-0.1, -0.05) is 12.1 Å². The first kappa shape index (κ1) is 22.0. The molecule has 3 rings (SSSR count). The summed E-state index contributed by atoms with van der Waals surface area (Å²) in [6.45, 7) is 2.77. The molecule has 8 nitrogen and oxygen atoms in total. The zero-order chi connectivity index (χ0) is 19.6. The number of hydrogen-bond donors (Lipinski definition) is 2. The van der Waals surface area contributed by atoms with E-state index >= 15 is 0 Å². The molecule has 2 unspecified atom stereocenters. The molecule has 2 heterocycles. The van der Waals surface area contributed by atoms with Crippen LogP contribution < -0.4 is 15.4 Å². The first-order chi connectivity index (χ1) is 12.9. The molecule has 0 saturated carbocycles. The summed E-state index contributed by atoms with van der Waals surface area (Å²) in [6.07, 6.45) is 1.86. The van der Waals surface area contributed by atoms with Gasteiger partial charge in [-0.05, 0) is 44.5 Å². The molecule has 2 saturated heterocycles. The molecule has 154 valence electrons. The summed E-state index contributed by atoms with van der Waals surface area (Å²) in [7, 11) is 3.41. The number of halogens is 1. The molecule has 1 aromatic rings. The number of nitrogens with zero attached hydrogens (tertiary/aromatic N) is 2. The molecule has 2 aliphatic heterocycles. The fourth-order valence-electron chi connectivity index (χ4n) is 3.80. The van der Waals surface area contributed by atoms with Gasteiger partial charge in [-0.3, -0.25) is 14.5 Å². The van der Waals surface area contributed by atoms with Crippen molar-refractivity contribution in [2.24, 2.45) is 0 Å². The number of nitrogens with one attached hydrogen (secondary N) is 2. The maximum atomic E-state index is 13.0. The summed E-state index contributed by atoms with van der Waals surface area (Å²) >= 11 is 0. The molecule has 1 aromatic carbocycles. The third-order valence-electron chi connectivity index (χ3n) is 5.37. The van der Waals surface area contributed by atoms with Crippen molar-refractivity contribution < 1.29 is 19.1 Å². The summed E-state index contributed by atoms with van der Waals surface area (Å²) in [5.74, 6) is 0.0429. The molecule has 4 amide bonds. The smallest absolute Gasteiger partial charge is 0.325 e. The van der Waals surface area contributed by atoms with Gasteiger partial charge in [-0.25, -0.2) is 4.79 Å². The standard InChI is InChI=1S/C19H26N4O4.ClH/c1-19(13-6-8-15(27-3)9-7-13)17(25)23(18(26)21-19)12-16(24)22-10-4-5-14(22)11-20-2;/h6-9,14,20H,4-5,10-12H2,1-3H3,(H,21,26);1H. The van der Waals surface area contributed by atoms with Crippen LogP contribution in [0.2, 0.25) is 0 Å². The number of methoxy groups -OCH3 is 1. The number of amides is 4. The number of urea groups is 1. The Hall–Kier alpha value is -2.32. The lowest BCUT2D eigenvalue weighted by atomic mass is 9.92. The van der Waals surface area contributed by atoms with Crippen molar-refractivity contribution in [2.75, 3.05) is 33.8 Å². The van der Waals surface area contributed by atoms with Gasteiger partial charge in [0.15, 0.2) is 0 Å². The van der Waals surface area contributed by atoms with E-state index in [1.54, 1.807) is 43.2 Å². The lowest BCUT2D eigenvalue weighted by Gasteiger charge is -2.26. The molecular weight excluding hydrogens is 384 g/mol. The van der Waals surface area contributed by atoms with E-state index in [1.807, 2.05) is 7.05 Å². The highest BCUT2D eigenvalue weighted by Gasteiger charge is 2.50. The fourth-order valence-corrected chi connectivity index (χ4v) is 3.80. The lowest BCUT2D eigenvalue weighted by Crippen LogP contribution is -2.47. The third-order valence-corrected chi connectivity index (χ3v) is 5.37. The highest BCUT2D eigenvalue weighted by molar-refractivity contribution is 6.09. The molecule has 0 bridgehead atoms. The first-order valence-corrected chi connectivity index (χ1v) is 9.13. The van der Waals surface area contributed by atoms with E-state index in [0.717, 1.165) is 17.7 Å². The van der Waals surface area contributed by atoms with Crippen molar-refractivity contribution in [1.82, 2.24) is 20.4 Å². The molecule has 28 heavy (non-hydrogen) atoms. The van der Waals surface area contributed by atoms with E-state index in [4.69, 9.17) is 4.74 Å². The average Bonchev–Trinajstić information content (AvgIpc) is 3.21. The molecular formula is C19H27ClN4O4. The Morgan fingerprint density at radius 2 is 2.00 bits per heavy atom. The minimum atomic E-state index is -1.20. The molecule has 9 heteroatoms. The quantitative estimate of drug-likeness (QED) is 0.685. The molecule has 0 radical (unpaired) electrons. The van der Waals surface area contributed by atoms with Gasteiger partial charge in [-0.15, -0.1) is 12.4 Å². The Balaban J connectivity index is 0.00000280. The van der Waals surface area contributed by atoms with Gasteiger partial charge in [0.2, 0.25) is 5.91 Å². The number of carbonyl (C=O) groups is 3. The van der Waals surface area contributed by atoms with Gasteiger partial charge in [0.1, 0.15) is 17.8 Å². The van der Waals surface area contributed by atoms with Crippen LogP contribution in [-0.4, -0.2) is 67.5 Å². The zero-order valence-corrected chi connectivity index (χ0v) is 17.2. The fraction of sp³-hybridized carbons (Fsp3) is 0.526. The van der Waals surface area contributed by atoms with Crippen molar-refractivity contribution in [3.05, 3.63) is 29.8 Å². The van der Waals surface area contributed by atoms with Crippen LogP contribution >= 0.6 is 12.4 Å². The van der Waals surface area contributed by atoms with Crippen LogP contribution in [0.3, 0.4) is 0 Å². The molecule has 2 fully saturated rings. The first-order valence-electron chi connectivity index (χ1n) is 9.13. The molecule has 0 aliphatic carbocycles. The van der Waals surface area contributed by atoms with Crippen LogP contribution in [0.15, 0.2) is 24.3 Å². The van der Waals surface area contributed by atoms with Crippen molar-refractivity contribution in [3.8, 4) is 5.75 Å². The third kappa shape index (κ3) is 3.93. The second-order valence-electron chi connectivity index (χ2n) is 7.12. The molecule has 0 spiro atoms. The molecule has 2 N–H and O–H groups in total. The van der Waals surface area contributed by atoms with E-state index < -0.39 is 17.5 Å². The average molecular weight is 411 g/mol. The van der Waals surface area contributed by atoms with Crippen molar-refractivity contribution in [3.63, 3.8) is 0 Å². The lowest BCUT2D eigenvalue weighted by molar-refractivity contribution is -0.139. The summed E-state index contributed by atoms with van der Waals surface area (Å²) < 4.78 is 5.14. The van der Waals surface area contributed by atoms with E-state index in [0.29, 0.717) is 24.4 Å². The Morgan fingerprint density at radius 1 is 1.32 bits per heavy atom. The zero-order valence-electron chi connectivity index (χ0n) is 16.4. The van der Waals surface area contributed by atoms with E-state index in [9.17, 15) is 14.4 Å². The van der Waals surface area contributed by atoms with Gasteiger partial charge in [0.25, 0.3) is 5.91 Å². The van der Waals surface area contributed by atoms with E-state index in [1.165, 1.54) is 0 Å². The van der Waals surface area contributed by atoms with Crippen LogP contribution in [0.4, 0.5) is 4.79 Å². The minimum Gasteiger partial charge on any atom is -0.497 e. The predicted molar refractivity (Wildman–Crippen MR) is 107 cm³/mol. The minimum absolute atomic E-state index is 0. The van der Waals surface area contributed by atoms with Crippen molar-refractivity contribution in [1.29, 1.82) is 0 Å².